The largest absolute Gasteiger partial charge is 0.338 e. The predicted octanol–water partition coefficient (Wildman–Crippen LogP) is 5.83. The van der Waals surface area contributed by atoms with Gasteiger partial charge in [0.1, 0.15) is 17.0 Å². The van der Waals surface area contributed by atoms with Gasteiger partial charge in [-0.3, -0.25) is 14.6 Å². The normalized spacial score (nSPS) is 24.9. The maximum atomic E-state index is 14.3. The Hall–Kier alpha value is -2.52. The number of rotatable bonds is 5. The van der Waals surface area contributed by atoms with Crippen molar-refractivity contribution in [1.82, 2.24) is 19.6 Å². The van der Waals surface area contributed by atoms with Crippen LogP contribution in [-0.2, 0) is 9.59 Å². The molecule has 0 N–H and O–H groups in total. The number of thioether (sulfide) groups is 1. The Labute approximate surface area is 256 Å². The first-order chi connectivity index (χ1) is 19.7. The van der Waals surface area contributed by atoms with E-state index in [0.717, 1.165) is 41.5 Å². The number of hydrogen-bond donors (Lipinski definition) is 0. The van der Waals surface area contributed by atoms with Crippen molar-refractivity contribution in [3.8, 4) is 0 Å². The first kappa shape index (κ1) is 28.6. The van der Waals surface area contributed by atoms with E-state index in [0.29, 0.717) is 41.0 Å². The van der Waals surface area contributed by atoms with Crippen LogP contribution in [0, 0.1) is 5.92 Å². The Morgan fingerprint density at radius 3 is 2.12 bits per heavy atom. The number of piperazine rings is 1. The first-order valence-corrected chi connectivity index (χ1v) is 15.9. The highest BCUT2D eigenvalue weighted by atomic mass is 35.5. The van der Waals surface area contributed by atoms with E-state index in [1.54, 1.807) is 0 Å². The van der Waals surface area contributed by atoms with Crippen LogP contribution in [0.15, 0.2) is 64.1 Å². The van der Waals surface area contributed by atoms with Crippen molar-refractivity contribution in [1.29, 1.82) is 0 Å². The second-order valence-electron chi connectivity index (χ2n) is 11.5. The van der Waals surface area contributed by atoms with E-state index >= 15 is 0 Å². The molecular weight excluding hydrogens is 577 g/mol. The number of amides is 2. The summed E-state index contributed by atoms with van der Waals surface area (Å²) in [5.74, 6) is 0.0966. The minimum absolute atomic E-state index is 0.0568. The van der Waals surface area contributed by atoms with Crippen molar-refractivity contribution in [2.24, 2.45) is 10.9 Å². The molecule has 2 amide bonds. The van der Waals surface area contributed by atoms with Gasteiger partial charge in [0, 0.05) is 48.5 Å². The minimum Gasteiger partial charge on any atom is -0.338 e. The average molecular weight is 613 g/mol. The fraction of sp³-hybridized carbons (Fsp3) is 0.452. The summed E-state index contributed by atoms with van der Waals surface area (Å²) >= 11 is 13.9. The van der Waals surface area contributed by atoms with Gasteiger partial charge in [0.25, 0.3) is 5.91 Å². The molecule has 0 spiro atoms. The van der Waals surface area contributed by atoms with Gasteiger partial charge in [-0.2, -0.15) is 0 Å². The van der Waals surface area contributed by atoms with Gasteiger partial charge in [0.05, 0.1) is 6.04 Å². The molecule has 2 aromatic rings. The van der Waals surface area contributed by atoms with E-state index in [1.165, 1.54) is 11.8 Å². The van der Waals surface area contributed by atoms with Gasteiger partial charge >= 0.3 is 0 Å². The van der Waals surface area contributed by atoms with Crippen LogP contribution in [0.5, 0.6) is 0 Å². The number of amidine groups is 1. The fourth-order valence-electron chi connectivity index (χ4n) is 6.33. The second-order valence-corrected chi connectivity index (χ2v) is 13.4. The maximum Gasteiger partial charge on any atom is 0.263 e. The van der Waals surface area contributed by atoms with Gasteiger partial charge in [-0.1, -0.05) is 61.3 Å². The first-order valence-electron chi connectivity index (χ1n) is 14.3. The predicted molar refractivity (Wildman–Crippen MR) is 166 cm³/mol. The second kappa shape index (κ2) is 11.6. The van der Waals surface area contributed by atoms with E-state index in [-0.39, 0.29) is 29.8 Å². The third kappa shape index (κ3) is 5.40. The highest BCUT2D eigenvalue weighted by molar-refractivity contribution is 8.18. The van der Waals surface area contributed by atoms with Crippen molar-refractivity contribution in [3.63, 3.8) is 0 Å². The molecule has 2 saturated heterocycles. The lowest BCUT2D eigenvalue weighted by Crippen LogP contribution is -2.53. The zero-order valence-corrected chi connectivity index (χ0v) is 25.9. The van der Waals surface area contributed by atoms with Gasteiger partial charge in [-0.15, -0.1) is 0 Å². The molecule has 1 unspecified atom stereocenters. The summed E-state index contributed by atoms with van der Waals surface area (Å²) in [4.78, 5) is 42.0. The van der Waals surface area contributed by atoms with Gasteiger partial charge in [-0.05, 0) is 73.0 Å². The molecule has 7 nitrogen and oxygen atoms in total. The van der Waals surface area contributed by atoms with Gasteiger partial charge in [0.15, 0.2) is 5.17 Å². The lowest BCUT2D eigenvalue weighted by Gasteiger charge is -2.36. The van der Waals surface area contributed by atoms with E-state index in [2.05, 4.69) is 30.7 Å². The van der Waals surface area contributed by atoms with E-state index in [9.17, 15) is 9.59 Å². The molecule has 41 heavy (non-hydrogen) atoms. The molecule has 216 valence electrons. The molecule has 4 heterocycles. The van der Waals surface area contributed by atoms with Gasteiger partial charge < -0.3 is 19.6 Å². The van der Waals surface area contributed by atoms with Crippen molar-refractivity contribution in [3.05, 3.63) is 80.3 Å². The fourth-order valence-corrected chi connectivity index (χ4v) is 7.88. The van der Waals surface area contributed by atoms with E-state index in [4.69, 9.17) is 28.2 Å². The molecule has 0 aliphatic carbocycles. The van der Waals surface area contributed by atoms with Crippen LogP contribution in [0.4, 0.5) is 0 Å². The molecule has 0 radical (unpaired) electrons. The zero-order chi connectivity index (χ0) is 28.8. The average Bonchev–Trinajstić information content (AvgIpc) is 3.68. The molecule has 2 fully saturated rings. The number of fused-ring (bicyclic) bond motifs is 1. The SMILES string of the molecule is CC(C)C1=C(C(=O)N2CCCC2C(=O)N2CCN(C)CC2)SC2=N[C@@H](c3ccc(Cl)cc3)[C@@H](c3ccc(Cl)cc3)N21. The minimum atomic E-state index is -0.404. The summed E-state index contributed by atoms with van der Waals surface area (Å²) in [5, 5.41) is 2.17. The number of benzene rings is 2. The van der Waals surface area contributed by atoms with Crippen molar-refractivity contribution in [2.45, 2.75) is 44.8 Å². The molecule has 0 bridgehead atoms. The number of aliphatic imine (C=N–C) groups is 1. The summed E-state index contributed by atoms with van der Waals surface area (Å²) in [5.41, 5.74) is 3.10. The van der Waals surface area contributed by atoms with Crippen LogP contribution in [0.2, 0.25) is 10.0 Å². The molecule has 4 aliphatic rings. The Morgan fingerprint density at radius 2 is 1.51 bits per heavy atom. The Kier molecular flexibility index (Phi) is 8.11. The summed E-state index contributed by atoms with van der Waals surface area (Å²) in [6.45, 7) is 7.99. The zero-order valence-electron chi connectivity index (χ0n) is 23.6. The smallest absolute Gasteiger partial charge is 0.263 e. The standard InChI is InChI=1S/C31H35Cl2N5O2S/c1-19(2)26-28(30(40)37-14-4-5-24(37)29(39)36-17-15-35(3)16-18-36)41-31-34-25(20-6-10-22(32)11-7-20)27(38(26)31)21-8-12-23(33)13-9-21/h6-13,19,24-25,27H,4-5,14-18H2,1-3H3/t24?,25-,27+/m0/s1. The quantitative estimate of drug-likeness (QED) is 0.426. The Morgan fingerprint density at radius 1 is 0.902 bits per heavy atom. The maximum absolute atomic E-state index is 14.3. The van der Waals surface area contributed by atoms with E-state index in [1.807, 2.05) is 58.3 Å². The number of carbonyl (C=O) groups excluding carboxylic acids is 2. The van der Waals surface area contributed by atoms with E-state index < -0.39 is 6.04 Å². The lowest BCUT2D eigenvalue weighted by atomic mass is 9.92. The molecule has 10 heteroatoms. The van der Waals surface area contributed by atoms with Crippen LogP contribution in [0.25, 0.3) is 0 Å². The molecule has 0 saturated carbocycles. The summed E-state index contributed by atoms with van der Waals surface area (Å²) in [7, 11) is 2.08. The van der Waals surface area contributed by atoms with Gasteiger partial charge in [0.2, 0.25) is 5.91 Å². The number of hydrogen-bond acceptors (Lipinski definition) is 6. The lowest BCUT2D eigenvalue weighted by molar-refractivity contribution is -0.143. The molecule has 2 aromatic carbocycles. The summed E-state index contributed by atoms with van der Waals surface area (Å²) in [6, 6.07) is 15.0. The molecular formula is C31H35Cl2N5O2S. The van der Waals surface area contributed by atoms with Crippen LogP contribution in [0.3, 0.4) is 0 Å². The number of carbonyl (C=O) groups is 2. The van der Waals surface area contributed by atoms with Gasteiger partial charge in [-0.25, -0.2) is 0 Å². The number of halogens is 2. The third-order valence-electron chi connectivity index (χ3n) is 8.50. The van der Waals surface area contributed by atoms with Crippen molar-refractivity contribution >= 4 is 51.9 Å². The summed E-state index contributed by atoms with van der Waals surface area (Å²) in [6.07, 6.45) is 1.55. The highest BCUT2D eigenvalue weighted by Crippen LogP contribution is 2.53. The van der Waals surface area contributed by atoms with Crippen LogP contribution < -0.4 is 0 Å². The van der Waals surface area contributed by atoms with Crippen LogP contribution >= 0.6 is 35.0 Å². The number of likely N-dealkylation sites (N-methyl/N-ethyl adjacent to an activating group) is 1. The Bertz CT molecular complexity index is 1390. The molecule has 3 atom stereocenters. The number of nitrogens with zero attached hydrogens (tertiary/aromatic N) is 5. The monoisotopic (exact) mass is 611 g/mol. The molecule has 4 aliphatic heterocycles. The molecule has 6 rings (SSSR count). The van der Waals surface area contributed by atoms with Crippen molar-refractivity contribution in [2.75, 3.05) is 39.8 Å². The van der Waals surface area contributed by atoms with Crippen LogP contribution in [-0.4, -0.2) is 82.4 Å². The molecule has 0 aromatic heterocycles. The Balaban J connectivity index is 1.34. The van der Waals surface area contributed by atoms with Crippen molar-refractivity contribution < 1.29 is 9.59 Å². The summed E-state index contributed by atoms with van der Waals surface area (Å²) < 4.78 is 0. The number of allylic oxidation sites excluding steroid dienone is 1. The highest BCUT2D eigenvalue weighted by Gasteiger charge is 2.49. The third-order valence-corrected chi connectivity index (χ3v) is 10.1. The number of likely N-dealkylation sites (tertiary alicyclic amines) is 1. The topological polar surface area (TPSA) is 59.5 Å². The van der Waals surface area contributed by atoms with Crippen LogP contribution in [0.1, 0.15) is 49.9 Å².